The molecule has 1 N–H and O–H groups in total. The van der Waals surface area contributed by atoms with Crippen LogP contribution in [-0.2, 0) is 17.8 Å². The molecule has 4 rings (SSSR count). The second-order valence-electron chi connectivity index (χ2n) is 8.89. The summed E-state index contributed by atoms with van der Waals surface area (Å²) in [5.41, 5.74) is 6.05. The Morgan fingerprint density at radius 1 is 1.16 bits per heavy atom. The summed E-state index contributed by atoms with van der Waals surface area (Å²) in [6.45, 7) is 7.76. The van der Waals surface area contributed by atoms with Crippen LogP contribution in [0.25, 0.3) is 0 Å². The molecule has 0 aromatic heterocycles. The Balaban J connectivity index is 1.20. The van der Waals surface area contributed by atoms with Crippen molar-refractivity contribution in [3.05, 3.63) is 64.7 Å². The third-order valence-electron chi connectivity index (χ3n) is 6.56. The number of rotatable bonds is 6. The van der Waals surface area contributed by atoms with Gasteiger partial charge in [-0.05, 0) is 68.0 Å². The number of carbonyl (C=O) groups excluding carboxylic acids is 1. The fraction of sp³-hybridized carbons (Fsp3) is 0.462. The standard InChI is InChI=1S/C26H32N4O/c1-20-5-8-23-18-29(15-11-22(23)16-20)13-3-12-28-26(31)24-4-2-14-30(19-24)25-9-6-21(17-27)7-10-25/h5-10,16,24H,2-4,11-15,18-19H2,1H3,(H,28,31). The predicted octanol–water partition coefficient (Wildman–Crippen LogP) is 3.65. The maximum atomic E-state index is 12.7. The van der Waals surface area contributed by atoms with Crippen LogP contribution < -0.4 is 10.2 Å². The molecule has 162 valence electrons. The molecule has 0 radical (unpaired) electrons. The zero-order chi connectivity index (χ0) is 21.6. The zero-order valence-corrected chi connectivity index (χ0v) is 18.4. The summed E-state index contributed by atoms with van der Waals surface area (Å²) in [5.74, 6) is 0.215. The summed E-state index contributed by atoms with van der Waals surface area (Å²) in [4.78, 5) is 17.5. The molecule has 5 nitrogen and oxygen atoms in total. The number of nitriles is 1. The molecular formula is C26H32N4O. The van der Waals surface area contributed by atoms with Crippen LogP contribution >= 0.6 is 0 Å². The SMILES string of the molecule is Cc1ccc2c(c1)CCN(CCCNC(=O)C1CCCN(c3ccc(C#N)cc3)C1)C2. The van der Waals surface area contributed by atoms with Gasteiger partial charge in [0.25, 0.3) is 0 Å². The van der Waals surface area contributed by atoms with Crippen LogP contribution in [0.5, 0.6) is 0 Å². The van der Waals surface area contributed by atoms with Crippen molar-refractivity contribution < 1.29 is 4.79 Å². The molecule has 1 atom stereocenters. The Labute approximate surface area is 185 Å². The van der Waals surface area contributed by atoms with Crippen LogP contribution in [0, 0.1) is 24.2 Å². The van der Waals surface area contributed by atoms with Gasteiger partial charge in [0.15, 0.2) is 0 Å². The Morgan fingerprint density at radius 3 is 2.81 bits per heavy atom. The van der Waals surface area contributed by atoms with Crippen molar-refractivity contribution in [3.63, 3.8) is 0 Å². The van der Waals surface area contributed by atoms with Crippen LogP contribution in [0.15, 0.2) is 42.5 Å². The number of fused-ring (bicyclic) bond motifs is 1. The molecule has 1 fully saturated rings. The van der Waals surface area contributed by atoms with Crippen molar-refractivity contribution in [1.29, 1.82) is 5.26 Å². The molecule has 2 aliphatic heterocycles. The Kier molecular flexibility index (Phi) is 6.89. The molecule has 1 saturated heterocycles. The number of aryl methyl sites for hydroxylation is 1. The first-order valence-corrected chi connectivity index (χ1v) is 11.5. The second-order valence-corrected chi connectivity index (χ2v) is 8.89. The number of hydrogen-bond donors (Lipinski definition) is 1. The number of hydrogen-bond acceptors (Lipinski definition) is 4. The third-order valence-corrected chi connectivity index (χ3v) is 6.56. The van der Waals surface area contributed by atoms with Crippen LogP contribution in [0.2, 0.25) is 0 Å². The summed E-state index contributed by atoms with van der Waals surface area (Å²) in [7, 11) is 0. The van der Waals surface area contributed by atoms with E-state index in [1.54, 1.807) is 0 Å². The maximum absolute atomic E-state index is 12.7. The van der Waals surface area contributed by atoms with E-state index in [9.17, 15) is 4.79 Å². The van der Waals surface area contributed by atoms with Gasteiger partial charge in [0.05, 0.1) is 17.6 Å². The van der Waals surface area contributed by atoms with Gasteiger partial charge in [0.2, 0.25) is 5.91 Å². The Hall–Kier alpha value is -2.84. The quantitative estimate of drug-likeness (QED) is 0.731. The van der Waals surface area contributed by atoms with Gasteiger partial charge in [-0.25, -0.2) is 0 Å². The lowest BCUT2D eigenvalue weighted by Crippen LogP contribution is -2.43. The first kappa shape index (κ1) is 21.4. The number of carbonyl (C=O) groups is 1. The smallest absolute Gasteiger partial charge is 0.224 e. The molecule has 2 aromatic rings. The predicted molar refractivity (Wildman–Crippen MR) is 124 cm³/mol. The van der Waals surface area contributed by atoms with E-state index in [0.29, 0.717) is 5.56 Å². The van der Waals surface area contributed by atoms with Gasteiger partial charge in [-0.15, -0.1) is 0 Å². The zero-order valence-electron chi connectivity index (χ0n) is 18.4. The number of piperidine rings is 1. The molecule has 0 spiro atoms. The average Bonchev–Trinajstić information content (AvgIpc) is 2.82. The van der Waals surface area contributed by atoms with Crippen molar-refractivity contribution >= 4 is 11.6 Å². The minimum atomic E-state index is 0.0366. The van der Waals surface area contributed by atoms with Crippen LogP contribution in [-0.4, -0.2) is 43.5 Å². The van der Waals surface area contributed by atoms with Gasteiger partial charge >= 0.3 is 0 Å². The lowest BCUT2D eigenvalue weighted by Gasteiger charge is -2.34. The number of amides is 1. The van der Waals surface area contributed by atoms with E-state index in [2.05, 4.69) is 46.3 Å². The number of anilines is 1. The fourth-order valence-corrected chi connectivity index (χ4v) is 4.76. The number of benzene rings is 2. The molecule has 5 heteroatoms. The topological polar surface area (TPSA) is 59.4 Å². The molecule has 0 aliphatic carbocycles. The highest BCUT2D eigenvalue weighted by Gasteiger charge is 2.26. The molecule has 0 bridgehead atoms. The van der Waals surface area contributed by atoms with Crippen molar-refractivity contribution in [1.82, 2.24) is 10.2 Å². The van der Waals surface area contributed by atoms with Gasteiger partial charge < -0.3 is 10.2 Å². The maximum Gasteiger partial charge on any atom is 0.224 e. The van der Waals surface area contributed by atoms with E-state index in [1.165, 1.54) is 16.7 Å². The highest BCUT2D eigenvalue weighted by Crippen LogP contribution is 2.24. The van der Waals surface area contributed by atoms with Crippen LogP contribution in [0.3, 0.4) is 0 Å². The lowest BCUT2D eigenvalue weighted by molar-refractivity contribution is -0.125. The molecule has 2 aromatic carbocycles. The second kappa shape index (κ2) is 9.98. The van der Waals surface area contributed by atoms with Gasteiger partial charge in [-0.2, -0.15) is 5.26 Å². The summed E-state index contributed by atoms with van der Waals surface area (Å²) in [6.07, 6.45) is 4.07. The van der Waals surface area contributed by atoms with E-state index < -0.39 is 0 Å². The molecular weight excluding hydrogens is 384 g/mol. The van der Waals surface area contributed by atoms with Gasteiger partial charge in [0.1, 0.15) is 0 Å². The largest absolute Gasteiger partial charge is 0.371 e. The average molecular weight is 417 g/mol. The van der Waals surface area contributed by atoms with E-state index in [1.807, 2.05) is 24.3 Å². The summed E-state index contributed by atoms with van der Waals surface area (Å²) < 4.78 is 0. The molecule has 0 saturated carbocycles. The first-order valence-electron chi connectivity index (χ1n) is 11.5. The van der Waals surface area contributed by atoms with Gasteiger partial charge in [0, 0.05) is 45.0 Å². The van der Waals surface area contributed by atoms with Crippen molar-refractivity contribution in [2.75, 3.05) is 37.6 Å². The molecule has 1 amide bonds. The van der Waals surface area contributed by atoms with Crippen LogP contribution in [0.4, 0.5) is 5.69 Å². The molecule has 31 heavy (non-hydrogen) atoms. The Morgan fingerprint density at radius 2 is 2.00 bits per heavy atom. The molecule has 2 heterocycles. The van der Waals surface area contributed by atoms with Gasteiger partial charge in [-0.3, -0.25) is 9.69 Å². The highest BCUT2D eigenvalue weighted by atomic mass is 16.1. The summed E-state index contributed by atoms with van der Waals surface area (Å²) in [6, 6.07) is 16.6. The molecule has 2 aliphatic rings. The molecule has 1 unspecified atom stereocenters. The first-order chi connectivity index (χ1) is 15.1. The highest BCUT2D eigenvalue weighted by molar-refractivity contribution is 5.79. The third kappa shape index (κ3) is 5.45. The summed E-state index contributed by atoms with van der Waals surface area (Å²) >= 11 is 0. The monoisotopic (exact) mass is 416 g/mol. The minimum Gasteiger partial charge on any atom is -0.371 e. The van der Waals surface area contributed by atoms with E-state index in [0.717, 1.165) is 70.6 Å². The van der Waals surface area contributed by atoms with Crippen molar-refractivity contribution in [2.24, 2.45) is 5.92 Å². The van der Waals surface area contributed by atoms with E-state index >= 15 is 0 Å². The fourth-order valence-electron chi connectivity index (χ4n) is 4.76. The summed E-state index contributed by atoms with van der Waals surface area (Å²) in [5, 5.41) is 12.1. The van der Waals surface area contributed by atoms with Crippen LogP contribution in [0.1, 0.15) is 41.5 Å². The lowest BCUT2D eigenvalue weighted by atomic mass is 9.96. The van der Waals surface area contributed by atoms with E-state index in [4.69, 9.17) is 5.26 Å². The number of nitrogens with zero attached hydrogens (tertiary/aromatic N) is 3. The minimum absolute atomic E-state index is 0.0366. The van der Waals surface area contributed by atoms with Crippen molar-refractivity contribution in [2.45, 2.75) is 39.2 Å². The number of nitrogens with one attached hydrogen (secondary N) is 1. The van der Waals surface area contributed by atoms with E-state index in [-0.39, 0.29) is 11.8 Å². The normalized spacial score (nSPS) is 18.8. The Bertz CT molecular complexity index is 947. The van der Waals surface area contributed by atoms with Gasteiger partial charge in [-0.1, -0.05) is 23.8 Å². The van der Waals surface area contributed by atoms with Crippen molar-refractivity contribution in [3.8, 4) is 6.07 Å².